The zero-order chi connectivity index (χ0) is 53.1. The van der Waals surface area contributed by atoms with Gasteiger partial charge < -0.3 is 5.48 Å². The number of Topliss-reactive ketones (excluding diaryl/α,β-unsaturated/α-hetero) is 4. The maximum Gasteiger partial charge on any atom is 0.281 e. The molecule has 0 saturated heterocycles. The number of nitro benzene ring substituents is 2. The predicted octanol–water partition coefficient (Wildman–Crippen LogP) is 7.25. The number of hydrogen-bond donors (Lipinski definition) is 0. The summed E-state index contributed by atoms with van der Waals surface area (Å²) in [6, 6.07) is 84.1. The molecule has 376 valence electrons. The van der Waals surface area contributed by atoms with Gasteiger partial charge in [0.1, 0.15) is 11.1 Å². The van der Waals surface area contributed by atoms with E-state index in [0.29, 0.717) is 10.4 Å². The number of carbonyl (C=O) groups is 4. The van der Waals surface area contributed by atoms with Gasteiger partial charge in [-0.1, -0.05) is 267 Å². The van der Waals surface area contributed by atoms with E-state index in [1.807, 2.05) is 182 Å². The van der Waals surface area contributed by atoms with Crippen molar-refractivity contribution in [1.29, 1.82) is 0 Å². The minimum Gasteiger partial charge on any atom is -0.412 e. The number of para-hydroxylation sites is 2. The molecule has 77 heavy (non-hydrogen) atoms. The molecular formula is C64H48N2O9Si2. The second-order valence-electron chi connectivity index (χ2n) is 17.7. The fraction of sp³-hybridized carbons (Fsp3) is 0. The normalized spacial score (nSPS) is 10.9. The van der Waals surface area contributed by atoms with Gasteiger partial charge in [-0.3, -0.25) is 39.4 Å². The highest BCUT2D eigenvalue weighted by Gasteiger charge is 2.49. The van der Waals surface area contributed by atoms with E-state index < -0.39 is 49.1 Å². The molecule has 10 rings (SSSR count). The SMILES string of the molecule is O.O=C(C(=O)c1cccc([Si](c2ccccc2)(c2ccccc2)c2ccccc2)c1[N+](=O)[O-])c1ccccc1.O=C(C(=O)c1cccc([Si](c2ccccc2)(c2ccccc2)c2ccccc2)c1[N+](=O)[O-])c1ccccc1. The fourth-order valence-electron chi connectivity index (χ4n) is 10.2. The van der Waals surface area contributed by atoms with Crippen LogP contribution in [0, 0.1) is 20.2 Å². The lowest BCUT2D eigenvalue weighted by atomic mass is 10.0. The highest BCUT2D eigenvalue weighted by molar-refractivity contribution is 7.21. The predicted molar refractivity (Wildman–Crippen MR) is 307 cm³/mol. The van der Waals surface area contributed by atoms with Gasteiger partial charge >= 0.3 is 0 Å². The first-order chi connectivity index (χ1) is 37.1. The Hall–Kier alpha value is -9.93. The van der Waals surface area contributed by atoms with Crippen molar-refractivity contribution in [3.8, 4) is 0 Å². The van der Waals surface area contributed by atoms with Gasteiger partial charge in [-0.2, -0.15) is 0 Å². The van der Waals surface area contributed by atoms with Gasteiger partial charge in [0.2, 0.25) is 23.1 Å². The van der Waals surface area contributed by atoms with Gasteiger partial charge in [0.05, 0.1) is 9.85 Å². The van der Waals surface area contributed by atoms with Crippen molar-refractivity contribution in [2.75, 3.05) is 0 Å². The van der Waals surface area contributed by atoms with Crippen LogP contribution in [-0.4, -0.2) is 54.6 Å². The van der Waals surface area contributed by atoms with E-state index in [4.69, 9.17) is 0 Å². The van der Waals surface area contributed by atoms with Crippen molar-refractivity contribution in [3.63, 3.8) is 0 Å². The Kier molecular flexibility index (Phi) is 16.6. The van der Waals surface area contributed by atoms with Crippen LogP contribution in [0.1, 0.15) is 41.4 Å². The topological polar surface area (TPSA) is 186 Å². The molecule has 0 spiro atoms. The lowest BCUT2D eigenvalue weighted by molar-refractivity contribution is -0.384. The van der Waals surface area contributed by atoms with E-state index >= 15 is 0 Å². The molecule has 2 N–H and O–H groups in total. The Bertz CT molecular complexity index is 3270. The number of rotatable bonds is 16. The molecule has 0 unspecified atom stereocenters. The van der Waals surface area contributed by atoms with Gasteiger partial charge in [0.25, 0.3) is 11.4 Å². The molecule has 0 aliphatic heterocycles. The van der Waals surface area contributed by atoms with Gasteiger partial charge in [0, 0.05) is 21.5 Å². The molecule has 0 fully saturated rings. The van der Waals surface area contributed by atoms with Crippen LogP contribution in [0.2, 0.25) is 0 Å². The minimum absolute atomic E-state index is 0. The summed E-state index contributed by atoms with van der Waals surface area (Å²) >= 11 is 0. The van der Waals surface area contributed by atoms with E-state index in [1.54, 1.807) is 60.7 Å². The van der Waals surface area contributed by atoms with Gasteiger partial charge in [-0.05, 0) is 43.3 Å². The number of benzene rings is 10. The summed E-state index contributed by atoms with van der Waals surface area (Å²) in [5.74, 6) is -3.36. The maximum atomic E-state index is 13.5. The van der Waals surface area contributed by atoms with E-state index in [1.165, 1.54) is 36.4 Å². The first-order valence-corrected chi connectivity index (χ1v) is 28.3. The third-order valence-corrected chi connectivity index (χ3v) is 23.1. The number of ketones is 4. The third kappa shape index (κ3) is 10.3. The van der Waals surface area contributed by atoms with Crippen molar-refractivity contribution >= 4 is 92.1 Å². The summed E-state index contributed by atoms with van der Waals surface area (Å²) in [6.45, 7) is 0. The molecule has 0 amide bonds. The Morgan fingerprint density at radius 3 is 0.688 bits per heavy atom. The maximum absolute atomic E-state index is 13.5. The lowest BCUT2D eigenvalue weighted by Gasteiger charge is -2.34. The Morgan fingerprint density at radius 2 is 0.481 bits per heavy atom. The summed E-state index contributed by atoms with van der Waals surface area (Å²) in [4.78, 5) is 77.9. The summed E-state index contributed by atoms with van der Waals surface area (Å²) in [5, 5.41) is 32.1. The van der Waals surface area contributed by atoms with Crippen LogP contribution in [0.3, 0.4) is 0 Å². The summed E-state index contributed by atoms with van der Waals surface area (Å²) in [6.07, 6.45) is 0. The molecule has 11 nitrogen and oxygen atoms in total. The first kappa shape index (κ1) is 53.4. The Balaban J connectivity index is 0.000000201. The Morgan fingerprint density at radius 1 is 0.273 bits per heavy atom. The summed E-state index contributed by atoms with van der Waals surface area (Å²) < 4.78 is 0. The average Bonchev–Trinajstić information content (AvgIpc) is 3.55. The van der Waals surface area contributed by atoms with E-state index in [0.717, 1.165) is 31.1 Å². The highest BCUT2D eigenvalue weighted by atomic mass is 28.3. The minimum atomic E-state index is -3.30. The number of nitro groups is 2. The highest BCUT2D eigenvalue weighted by Crippen LogP contribution is 2.25. The van der Waals surface area contributed by atoms with Gasteiger partial charge in [-0.25, -0.2) is 0 Å². The molecule has 0 bridgehead atoms. The summed E-state index contributed by atoms with van der Waals surface area (Å²) in [5.41, 5.74) is -0.693. The molecule has 0 aromatic heterocycles. The second-order valence-corrected chi connectivity index (χ2v) is 25.2. The zero-order valence-corrected chi connectivity index (χ0v) is 43.2. The molecule has 10 aromatic rings. The van der Waals surface area contributed by atoms with E-state index in [9.17, 15) is 39.4 Å². The third-order valence-electron chi connectivity index (χ3n) is 13.5. The molecule has 0 aliphatic carbocycles. The monoisotopic (exact) mass is 1040 g/mol. The van der Waals surface area contributed by atoms with Crippen molar-refractivity contribution in [2.24, 2.45) is 0 Å². The van der Waals surface area contributed by atoms with Crippen LogP contribution in [0.4, 0.5) is 11.4 Å². The zero-order valence-electron chi connectivity index (χ0n) is 41.2. The van der Waals surface area contributed by atoms with Crippen molar-refractivity contribution in [2.45, 2.75) is 0 Å². The molecule has 0 aliphatic rings. The average molecular weight is 1050 g/mol. The van der Waals surface area contributed by atoms with Crippen LogP contribution in [0.15, 0.2) is 279 Å². The number of hydrogen-bond acceptors (Lipinski definition) is 8. The van der Waals surface area contributed by atoms with Gasteiger partial charge in [-0.15, -0.1) is 0 Å². The van der Waals surface area contributed by atoms with Crippen LogP contribution in [-0.2, 0) is 0 Å². The molecular weight excluding hydrogens is 997 g/mol. The first-order valence-electron chi connectivity index (χ1n) is 24.3. The van der Waals surface area contributed by atoms with E-state index in [-0.39, 0.29) is 39.1 Å². The standard InChI is InChI=1S/2C32H23NO4Si.H2O/c2*34-31(24-14-5-1-6-15-24)32(35)28-22-13-23-29(30(28)33(36)37)38(25-16-7-2-8-17-25,26-18-9-3-10-19-26)27-20-11-4-12-21-27;/h2*1-23H;1H2. The number of carbonyl (C=O) groups excluding carboxylic acids is 4. The molecule has 0 heterocycles. The summed E-state index contributed by atoms with van der Waals surface area (Å²) in [7, 11) is -6.61. The largest absolute Gasteiger partial charge is 0.412 e. The van der Waals surface area contributed by atoms with Crippen molar-refractivity contribution in [1.82, 2.24) is 0 Å². The quantitative estimate of drug-likeness (QED) is 0.0242. The Labute approximate surface area is 446 Å². The molecule has 0 atom stereocenters. The van der Waals surface area contributed by atoms with Crippen LogP contribution >= 0.6 is 0 Å². The fourth-order valence-corrected chi connectivity index (χ4v) is 20.1. The van der Waals surface area contributed by atoms with Crippen molar-refractivity contribution in [3.05, 3.63) is 322 Å². The smallest absolute Gasteiger partial charge is 0.281 e. The lowest BCUT2D eigenvalue weighted by Crippen LogP contribution is -2.75. The number of nitrogens with zero attached hydrogens (tertiary/aromatic N) is 2. The molecule has 13 heteroatoms. The van der Waals surface area contributed by atoms with Gasteiger partial charge in [0.15, 0.2) is 16.1 Å². The van der Waals surface area contributed by atoms with Crippen molar-refractivity contribution < 1.29 is 34.5 Å². The van der Waals surface area contributed by atoms with Crippen LogP contribution in [0.5, 0.6) is 0 Å². The molecule has 10 aromatic carbocycles. The molecule has 0 saturated carbocycles. The van der Waals surface area contributed by atoms with Crippen LogP contribution < -0.4 is 41.5 Å². The van der Waals surface area contributed by atoms with Crippen LogP contribution in [0.25, 0.3) is 0 Å². The van der Waals surface area contributed by atoms with E-state index in [2.05, 4.69) is 0 Å². The second kappa shape index (κ2) is 24.0. The molecule has 0 radical (unpaired) electrons.